The molecule has 0 spiro atoms. The number of carbonyl (C=O) groups is 1. The predicted molar refractivity (Wildman–Crippen MR) is 82.1 cm³/mol. The Morgan fingerprint density at radius 2 is 2.23 bits per heavy atom. The van der Waals surface area contributed by atoms with E-state index >= 15 is 0 Å². The van der Waals surface area contributed by atoms with Crippen LogP contribution in [0.2, 0.25) is 5.02 Å². The van der Waals surface area contributed by atoms with Gasteiger partial charge in [0, 0.05) is 24.2 Å². The minimum Gasteiger partial charge on any atom is -0.497 e. The Balaban J connectivity index is 1.94. The van der Waals surface area contributed by atoms with Crippen LogP contribution in [0, 0.1) is 0 Å². The molecule has 1 aliphatic rings. The fourth-order valence-electron chi connectivity index (χ4n) is 2.69. The molecule has 0 saturated heterocycles. The van der Waals surface area contributed by atoms with Gasteiger partial charge in [-0.05, 0) is 18.2 Å². The first-order chi connectivity index (χ1) is 10.6. The standard InChI is InChI=1S/C15H16ClN3O3/c1-22-10-2-3-11(13(16)6-10)12-7-17-19-5-4-18(8-14(12)19)9-15(20)21/h2-3,6-7H,4-5,8-9H2,1H3,(H,20,21). The third-order valence-electron chi connectivity index (χ3n) is 3.78. The Labute approximate surface area is 132 Å². The molecule has 1 N–H and O–H groups in total. The molecular formula is C15H16ClN3O3. The monoisotopic (exact) mass is 321 g/mol. The van der Waals surface area contributed by atoms with Crippen molar-refractivity contribution in [3.05, 3.63) is 35.1 Å². The van der Waals surface area contributed by atoms with Gasteiger partial charge in [-0.1, -0.05) is 11.6 Å². The van der Waals surface area contributed by atoms with Crippen molar-refractivity contribution in [1.29, 1.82) is 0 Å². The molecule has 0 aliphatic carbocycles. The zero-order valence-corrected chi connectivity index (χ0v) is 12.9. The second kappa shape index (κ2) is 5.98. The van der Waals surface area contributed by atoms with Crippen molar-refractivity contribution in [2.75, 3.05) is 20.2 Å². The van der Waals surface area contributed by atoms with Gasteiger partial charge in [0.05, 0.1) is 37.1 Å². The molecule has 2 heterocycles. The number of halogens is 1. The van der Waals surface area contributed by atoms with E-state index in [1.807, 2.05) is 21.7 Å². The molecule has 22 heavy (non-hydrogen) atoms. The van der Waals surface area contributed by atoms with Crippen molar-refractivity contribution < 1.29 is 14.6 Å². The molecule has 7 heteroatoms. The summed E-state index contributed by atoms with van der Waals surface area (Å²) in [5.41, 5.74) is 2.79. The van der Waals surface area contributed by atoms with Gasteiger partial charge < -0.3 is 9.84 Å². The molecule has 0 fully saturated rings. The van der Waals surface area contributed by atoms with Crippen LogP contribution >= 0.6 is 11.6 Å². The summed E-state index contributed by atoms with van der Waals surface area (Å²) in [4.78, 5) is 12.8. The number of hydrogen-bond donors (Lipinski definition) is 1. The maximum absolute atomic E-state index is 10.9. The summed E-state index contributed by atoms with van der Waals surface area (Å²) >= 11 is 6.34. The Morgan fingerprint density at radius 3 is 2.91 bits per heavy atom. The van der Waals surface area contributed by atoms with E-state index in [4.69, 9.17) is 21.4 Å². The molecule has 6 nitrogen and oxygen atoms in total. The van der Waals surface area contributed by atoms with Crippen LogP contribution in [0.4, 0.5) is 0 Å². The van der Waals surface area contributed by atoms with Crippen molar-refractivity contribution in [1.82, 2.24) is 14.7 Å². The van der Waals surface area contributed by atoms with E-state index in [1.54, 1.807) is 19.4 Å². The Bertz CT molecular complexity index is 714. The summed E-state index contributed by atoms with van der Waals surface area (Å²) in [5, 5.41) is 13.9. The molecule has 2 aromatic rings. The van der Waals surface area contributed by atoms with Gasteiger partial charge >= 0.3 is 5.97 Å². The molecule has 116 valence electrons. The van der Waals surface area contributed by atoms with Gasteiger partial charge in [0.15, 0.2) is 0 Å². The zero-order chi connectivity index (χ0) is 15.7. The van der Waals surface area contributed by atoms with Crippen molar-refractivity contribution >= 4 is 17.6 Å². The molecule has 0 bridgehead atoms. The number of methoxy groups -OCH3 is 1. The summed E-state index contributed by atoms with van der Waals surface area (Å²) in [6, 6.07) is 5.51. The van der Waals surface area contributed by atoms with Crippen LogP contribution in [0.5, 0.6) is 5.75 Å². The topological polar surface area (TPSA) is 67.6 Å². The lowest BCUT2D eigenvalue weighted by Gasteiger charge is -2.26. The first-order valence-corrected chi connectivity index (χ1v) is 7.29. The lowest BCUT2D eigenvalue weighted by molar-refractivity contribution is -0.138. The number of carboxylic acid groups (broad SMARTS) is 1. The van der Waals surface area contributed by atoms with E-state index in [2.05, 4.69) is 5.10 Å². The summed E-state index contributed by atoms with van der Waals surface area (Å²) in [6.45, 7) is 1.93. The van der Waals surface area contributed by atoms with Gasteiger partial charge in [0.25, 0.3) is 0 Å². The van der Waals surface area contributed by atoms with Crippen LogP contribution in [0.25, 0.3) is 11.1 Å². The van der Waals surface area contributed by atoms with Crippen LogP contribution < -0.4 is 4.74 Å². The largest absolute Gasteiger partial charge is 0.497 e. The average Bonchev–Trinajstić information content (AvgIpc) is 2.89. The van der Waals surface area contributed by atoms with Crippen molar-refractivity contribution in [2.45, 2.75) is 13.1 Å². The number of aliphatic carboxylic acids is 1. The first-order valence-electron chi connectivity index (χ1n) is 6.91. The predicted octanol–water partition coefficient (Wildman–Crippen LogP) is 2.11. The van der Waals surface area contributed by atoms with E-state index < -0.39 is 5.97 Å². The quantitative estimate of drug-likeness (QED) is 0.934. The Hall–Kier alpha value is -2.05. The highest BCUT2D eigenvalue weighted by atomic mass is 35.5. The van der Waals surface area contributed by atoms with Crippen LogP contribution in [0.1, 0.15) is 5.69 Å². The fraction of sp³-hybridized carbons (Fsp3) is 0.333. The summed E-state index contributed by atoms with van der Waals surface area (Å²) in [7, 11) is 1.59. The van der Waals surface area contributed by atoms with Crippen molar-refractivity contribution in [3.63, 3.8) is 0 Å². The van der Waals surface area contributed by atoms with E-state index in [-0.39, 0.29) is 6.54 Å². The highest BCUT2D eigenvalue weighted by Gasteiger charge is 2.23. The highest BCUT2D eigenvalue weighted by molar-refractivity contribution is 6.33. The van der Waals surface area contributed by atoms with Gasteiger partial charge in [-0.2, -0.15) is 5.10 Å². The summed E-state index contributed by atoms with van der Waals surface area (Å²) in [5.74, 6) is -0.126. The maximum Gasteiger partial charge on any atom is 0.317 e. The first kappa shape index (κ1) is 14.9. The lowest BCUT2D eigenvalue weighted by atomic mass is 10.0. The van der Waals surface area contributed by atoms with Gasteiger partial charge in [-0.15, -0.1) is 0 Å². The minimum atomic E-state index is -0.822. The molecule has 0 saturated carbocycles. The SMILES string of the molecule is COc1ccc(-c2cnn3c2CN(CC(=O)O)CC3)c(Cl)c1. The molecule has 0 atom stereocenters. The fourth-order valence-corrected chi connectivity index (χ4v) is 2.96. The van der Waals surface area contributed by atoms with E-state index in [1.165, 1.54) is 0 Å². The van der Waals surface area contributed by atoms with E-state index in [9.17, 15) is 4.79 Å². The third-order valence-corrected chi connectivity index (χ3v) is 4.09. The molecule has 1 aromatic carbocycles. The maximum atomic E-state index is 10.9. The van der Waals surface area contributed by atoms with Crippen LogP contribution in [-0.4, -0.2) is 46.0 Å². The van der Waals surface area contributed by atoms with Gasteiger partial charge in [-0.3, -0.25) is 14.4 Å². The second-order valence-electron chi connectivity index (χ2n) is 5.18. The minimum absolute atomic E-state index is 0.0287. The van der Waals surface area contributed by atoms with Gasteiger partial charge in [0.2, 0.25) is 0 Å². The molecule has 0 radical (unpaired) electrons. The number of ether oxygens (including phenoxy) is 1. The van der Waals surface area contributed by atoms with Crippen LogP contribution in [0.15, 0.2) is 24.4 Å². The number of benzene rings is 1. The van der Waals surface area contributed by atoms with E-state index in [0.29, 0.717) is 30.4 Å². The molecule has 1 aliphatic heterocycles. The molecule has 3 rings (SSSR count). The molecular weight excluding hydrogens is 306 g/mol. The van der Waals surface area contributed by atoms with Crippen molar-refractivity contribution in [3.8, 4) is 16.9 Å². The lowest BCUT2D eigenvalue weighted by Crippen LogP contribution is -2.37. The van der Waals surface area contributed by atoms with Gasteiger partial charge in [0.1, 0.15) is 5.75 Å². The number of aromatic nitrogens is 2. The Kier molecular flexibility index (Phi) is 4.04. The summed E-state index contributed by atoms with van der Waals surface area (Å²) in [6.07, 6.45) is 1.79. The van der Waals surface area contributed by atoms with Crippen LogP contribution in [-0.2, 0) is 17.9 Å². The number of carboxylic acids is 1. The molecule has 0 unspecified atom stereocenters. The Morgan fingerprint density at radius 1 is 1.41 bits per heavy atom. The third kappa shape index (κ3) is 2.80. The molecule has 1 aromatic heterocycles. The zero-order valence-electron chi connectivity index (χ0n) is 12.1. The number of fused-ring (bicyclic) bond motifs is 1. The van der Waals surface area contributed by atoms with E-state index in [0.717, 1.165) is 16.8 Å². The number of hydrogen-bond acceptors (Lipinski definition) is 4. The average molecular weight is 322 g/mol. The normalized spacial score (nSPS) is 14.6. The number of rotatable bonds is 4. The second-order valence-corrected chi connectivity index (χ2v) is 5.59. The van der Waals surface area contributed by atoms with Crippen molar-refractivity contribution in [2.24, 2.45) is 0 Å². The number of nitrogens with zero attached hydrogens (tertiary/aromatic N) is 3. The molecule has 0 amide bonds. The summed E-state index contributed by atoms with van der Waals surface area (Å²) < 4.78 is 7.07. The smallest absolute Gasteiger partial charge is 0.317 e. The van der Waals surface area contributed by atoms with Gasteiger partial charge in [-0.25, -0.2) is 0 Å². The highest BCUT2D eigenvalue weighted by Crippen LogP contribution is 2.34. The van der Waals surface area contributed by atoms with Crippen LogP contribution in [0.3, 0.4) is 0 Å².